The first kappa shape index (κ1) is 16.9. The Morgan fingerprint density at radius 2 is 2.10 bits per heavy atom. The quantitative estimate of drug-likeness (QED) is 0.797. The fraction of sp³-hybridized carbons (Fsp3) is 0.600. The Balaban J connectivity index is 2.20. The van der Waals surface area contributed by atoms with Gasteiger partial charge in [0.05, 0.1) is 4.90 Å². The molecule has 6 heteroatoms. The topological polar surface area (TPSA) is 49.4 Å². The molecule has 21 heavy (non-hydrogen) atoms. The van der Waals surface area contributed by atoms with E-state index in [2.05, 4.69) is 21.2 Å². The summed E-state index contributed by atoms with van der Waals surface area (Å²) in [7, 11) is -1.75. The first-order valence-electron chi connectivity index (χ1n) is 7.40. The van der Waals surface area contributed by atoms with Crippen LogP contribution in [0.1, 0.15) is 31.7 Å². The Bertz CT molecular complexity index is 585. The predicted octanol–water partition coefficient (Wildman–Crippen LogP) is 2.98. The van der Waals surface area contributed by atoms with Crippen molar-refractivity contribution in [1.82, 2.24) is 9.62 Å². The average Bonchev–Trinajstić information content (AvgIpc) is 2.41. The lowest BCUT2D eigenvalue weighted by Gasteiger charge is -2.29. The largest absolute Gasteiger partial charge is 0.313 e. The second kappa shape index (κ2) is 7.22. The summed E-state index contributed by atoms with van der Waals surface area (Å²) < 4.78 is 27.6. The first-order chi connectivity index (χ1) is 9.95. The van der Waals surface area contributed by atoms with E-state index in [0.717, 1.165) is 24.9 Å². The van der Waals surface area contributed by atoms with Crippen LogP contribution in [0, 0.1) is 5.92 Å². The zero-order valence-electron chi connectivity index (χ0n) is 12.6. The van der Waals surface area contributed by atoms with Gasteiger partial charge in [-0.3, -0.25) is 0 Å². The Kier molecular flexibility index (Phi) is 5.82. The molecule has 1 aromatic carbocycles. The third kappa shape index (κ3) is 4.06. The van der Waals surface area contributed by atoms with E-state index in [1.165, 1.54) is 10.7 Å². The molecule has 0 amide bonds. The van der Waals surface area contributed by atoms with Crippen molar-refractivity contribution in [1.29, 1.82) is 0 Å². The molecule has 1 aliphatic rings. The highest BCUT2D eigenvalue weighted by Gasteiger charge is 2.28. The van der Waals surface area contributed by atoms with Crippen molar-refractivity contribution < 1.29 is 8.42 Å². The molecular formula is C15H23BrN2O2S. The number of hydrogen-bond donors (Lipinski definition) is 1. The molecule has 0 atom stereocenters. The van der Waals surface area contributed by atoms with Gasteiger partial charge in [0.1, 0.15) is 0 Å². The number of rotatable bonds is 7. The van der Waals surface area contributed by atoms with E-state index >= 15 is 0 Å². The highest BCUT2D eigenvalue weighted by molar-refractivity contribution is 9.10. The van der Waals surface area contributed by atoms with E-state index in [1.807, 2.05) is 19.1 Å². The summed E-state index contributed by atoms with van der Waals surface area (Å²) in [5, 5.41) is 3.22. The molecule has 0 radical (unpaired) electrons. The van der Waals surface area contributed by atoms with Gasteiger partial charge in [0.25, 0.3) is 0 Å². The SMILES string of the molecule is CCNCc1ccc(Br)c(S(=O)(=O)N(C)CC2CCC2)c1. The van der Waals surface area contributed by atoms with Crippen molar-refractivity contribution in [2.45, 2.75) is 37.6 Å². The third-order valence-electron chi connectivity index (χ3n) is 4.00. The Hall–Kier alpha value is -0.430. The van der Waals surface area contributed by atoms with Crippen LogP contribution in [0.25, 0.3) is 0 Å². The summed E-state index contributed by atoms with van der Waals surface area (Å²) >= 11 is 3.37. The highest BCUT2D eigenvalue weighted by atomic mass is 79.9. The highest BCUT2D eigenvalue weighted by Crippen LogP contribution is 2.30. The molecule has 0 aromatic heterocycles. The lowest BCUT2D eigenvalue weighted by atomic mass is 9.86. The van der Waals surface area contributed by atoms with Gasteiger partial charge in [-0.2, -0.15) is 0 Å². The van der Waals surface area contributed by atoms with Crippen LogP contribution >= 0.6 is 15.9 Å². The van der Waals surface area contributed by atoms with Crippen LogP contribution in [-0.4, -0.2) is 32.9 Å². The molecular weight excluding hydrogens is 352 g/mol. The summed E-state index contributed by atoms with van der Waals surface area (Å²) in [6, 6.07) is 5.52. The Morgan fingerprint density at radius 1 is 1.38 bits per heavy atom. The van der Waals surface area contributed by atoms with Crippen LogP contribution in [0.3, 0.4) is 0 Å². The van der Waals surface area contributed by atoms with Crippen LogP contribution < -0.4 is 5.32 Å². The summed E-state index contributed by atoms with van der Waals surface area (Å²) in [4.78, 5) is 0.361. The second-order valence-electron chi connectivity index (χ2n) is 5.63. The van der Waals surface area contributed by atoms with Crippen molar-refractivity contribution in [3.8, 4) is 0 Å². The molecule has 0 aliphatic heterocycles. The number of halogens is 1. The molecule has 0 bridgehead atoms. The fourth-order valence-corrected chi connectivity index (χ4v) is 4.65. The normalized spacial score (nSPS) is 16.2. The van der Waals surface area contributed by atoms with E-state index in [1.54, 1.807) is 13.1 Å². The molecule has 1 aliphatic carbocycles. The third-order valence-corrected chi connectivity index (χ3v) is 6.82. The van der Waals surface area contributed by atoms with Gasteiger partial charge in [0.15, 0.2) is 0 Å². The van der Waals surface area contributed by atoms with Crippen molar-refractivity contribution >= 4 is 26.0 Å². The molecule has 0 saturated heterocycles. The van der Waals surface area contributed by atoms with Crippen molar-refractivity contribution in [2.24, 2.45) is 5.92 Å². The Morgan fingerprint density at radius 3 is 2.67 bits per heavy atom. The minimum atomic E-state index is -3.43. The zero-order chi connectivity index (χ0) is 15.5. The van der Waals surface area contributed by atoms with E-state index < -0.39 is 10.0 Å². The second-order valence-corrected chi connectivity index (χ2v) is 8.50. The van der Waals surface area contributed by atoms with E-state index in [9.17, 15) is 8.42 Å². The van der Waals surface area contributed by atoms with Gasteiger partial charge in [-0.15, -0.1) is 0 Å². The average molecular weight is 375 g/mol. The summed E-state index contributed by atoms with van der Waals surface area (Å²) in [5.41, 5.74) is 0.982. The van der Waals surface area contributed by atoms with E-state index in [4.69, 9.17) is 0 Å². The standard InChI is InChI=1S/C15H23BrN2O2S/c1-3-17-10-13-7-8-14(16)15(9-13)21(19,20)18(2)11-12-5-4-6-12/h7-9,12,17H,3-6,10-11H2,1-2H3. The maximum Gasteiger partial charge on any atom is 0.243 e. The van der Waals surface area contributed by atoms with Gasteiger partial charge < -0.3 is 5.32 Å². The summed E-state index contributed by atoms with van der Waals surface area (Å²) in [5.74, 6) is 0.522. The smallest absolute Gasteiger partial charge is 0.243 e. The Labute approximate surface area is 136 Å². The molecule has 1 fully saturated rings. The molecule has 1 saturated carbocycles. The van der Waals surface area contributed by atoms with Crippen LogP contribution in [0.2, 0.25) is 0 Å². The van der Waals surface area contributed by atoms with Crippen molar-refractivity contribution in [3.63, 3.8) is 0 Å². The van der Waals surface area contributed by atoms with Gasteiger partial charge in [0, 0.05) is 24.6 Å². The molecule has 2 rings (SSSR count). The first-order valence-corrected chi connectivity index (χ1v) is 9.64. The number of nitrogens with zero attached hydrogens (tertiary/aromatic N) is 1. The number of nitrogens with one attached hydrogen (secondary N) is 1. The van der Waals surface area contributed by atoms with Crippen LogP contribution in [-0.2, 0) is 16.6 Å². The lowest BCUT2D eigenvalue weighted by molar-refractivity contribution is 0.263. The van der Waals surface area contributed by atoms with Gasteiger partial charge in [-0.1, -0.05) is 19.4 Å². The zero-order valence-corrected chi connectivity index (χ0v) is 15.0. The number of benzene rings is 1. The molecule has 118 valence electrons. The predicted molar refractivity (Wildman–Crippen MR) is 88.7 cm³/mol. The molecule has 0 spiro atoms. The summed E-state index contributed by atoms with van der Waals surface area (Å²) in [6.07, 6.45) is 3.50. The fourth-order valence-electron chi connectivity index (χ4n) is 2.43. The van der Waals surface area contributed by atoms with Gasteiger partial charge >= 0.3 is 0 Å². The minimum Gasteiger partial charge on any atom is -0.313 e. The van der Waals surface area contributed by atoms with Crippen LogP contribution in [0.5, 0.6) is 0 Å². The van der Waals surface area contributed by atoms with E-state index in [0.29, 0.717) is 28.4 Å². The number of sulfonamides is 1. The maximum atomic E-state index is 12.7. The number of hydrogen-bond acceptors (Lipinski definition) is 3. The van der Waals surface area contributed by atoms with Gasteiger partial charge in [-0.05, 0) is 58.9 Å². The minimum absolute atomic E-state index is 0.361. The maximum absolute atomic E-state index is 12.7. The van der Waals surface area contributed by atoms with Crippen molar-refractivity contribution in [2.75, 3.05) is 20.1 Å². The summed E-state index contributed by atoms with van der Waals surface area (Å²) in [6.45, 7) is 4.19. The molecule has 4 nitrogen and oxygen atoms in total. The lowest BCUT2D eigenvalue weighted by Crippen LogP contribution is -2.34. The van der Waals surface area contributed by atoms with Crippen LogP contribution in [0.4, 0.5) is 0 Å². The molecule has 0 heterocycles. The van der Waals surface area contributed by atoms with Gasteiger partial charge in [-0.25, -0.2) is 12.7 Å². The monoisotopic (exact) mass is 374 g/mol. The van der Waals surface area contributed by atoms with Crippen molar-refractivity contribution in [3.05, 3.63) is 28.2 Å². The van der Waals surface area contributed by atoms with Crippen LogP contribution in [0.15, 0.2) is 27.6 Å². The molecule has 1 N–H and O–H groups in total. The molecule has 0 unspecified atom stereocenters. The molecule has 1 aromatic rings. The van der Waals surface area contributed by atoms with Gasteiger partial charge in [0.2, 0.25) is 10.0 Å². The van der Waals surface area contributed by atoms with E-state index in [-0.39, 0.29) is 0 Å².